The van der Waals surface area contributed by atoms with Crippen LogP contribution in [0.4, 0.5) is 5.69 Å². The lowest BCUT2D eigenvalue weighted by Crippen LogP contribution is -2.29. The number of nitrogens with zero attached hydrogens (tertiary/aromatic N) is 3. The van der Waals surface area contributed by atoms with E-state index >= 15 is 0 Å². The number of rotatable bonds is 7. The maximum Gasteiger partial charge on any atom is 0.252 e. The maximum absolute atomic E-state index is 12.6. The molecule has 3 aromatic rings. The van der Waals surface area contributed by atoms with E-state index in [0.717, 1.165) is 16.8 Å². The third kappa shape index (κ3) is 5.27. The van der Waals surface area contributed by atoms with Gasteiger partial charge in [-0.1, -0.05) is 42.1 Å². The maximum atomic E-state index is 12.6. The molecule has 0 saturated heterocycles. The van der Waals surface area contributed by atoms with E-state index in [-0.39, 0.29) is 23.6 Å². The standard InChI is InChI=1S/C22H25N5O2S/c1-14-8-7-10-17(12-14)24-19(28)13-30-22-26-25-20(27(22)4)16(3)23-21(29)18-11-6-5-9-15(18)2/h5-12,16H,13H2,1-4H3,(H,23,29)(H,24,28)/t16-/m0/s1. The van der Waals surface area contributed by atoms with E-state index < -0.39 is 0 Å². The number of thioether (sulfide) groups is 1. The molecule has 0 aliphatic heterocycles. The van der Waals surface area contributed by atoms with Gasteiger partial charge in [0.15, 0.2) is 11.0 Å². The number of amides is 2. The number of aryl methyl sites for hydroxylation is 2. The first-order valence-corrected chi connectivity index (χ1v) is 10.6. The Labute approximate surface area is 180 Å². The minimum Gasteiger partial charge on any atom is -0.342 e. The SMILES string of the molecule is Cc1cccc(NC(=O)CSc2nnc([C@H](C)NC(=O)c3ccccc3C)n2C)c1. The second-order valence-electron chi connectivity index (χ2n) is 7.12. The smallest absolute Gasteiger partial charge is 0.252 e. The van der Waals surface area contributed by atoms with Crippen LogP contribution < -0.4 is 10.6 Å². The van der Waals surface area contributed by atoms with E-state index in [1.165, 1.54) is 11.8 Å². The number of hydrogen-bond donors (Lipinski definition) is 2. The fourth-order valence-corrected chi connectivity index (χ4v) is 3.76. The Bertz CT molecular complexity index is 1060. The molecule has 2 aromatic carbocycles. The van der Waals surface area contributed by atoms with Gasteiger partial charge in [0.1, 0.15) is 0 Å². The topological polar surface area (TPSA) is 88.9 Å². The Morgan fingerprint density at radius 3 is 2.60 bits per heavy atom. The number of nitrogens with one attached hydrogen (secondary N) is 2. The number of benzene rings is 2. The summed E-state index contributed by atoms with van der Waals surface area (Å²) in [6.45, 7) is 5.74. The minimum absolute atomic E-state index is 0.115. The van der Waals surface area contributed by atoms with Crippen LogP contribution in [0.3, 0.4) is 0 Å². The first kappa shape index (κ1) is 21.6. The third-order valence-corrected chi connectivity index (χ3v) is 5.65. The summed E-state index contributed by atoms with van der Waals surface area (Å²) in [5.41, 5.74) is 3.40. The second-order valence-corrected chi connectivity index (χ2v) is 8.06. The van der Waals surface area contributed by atoms with Gasteiger partial charge in [-0.25, -0.2) is 0 Å². The molecule has 3 rings (SSSR count). The van der Waals surface area contributed by atoms with E-state index in [0.29, 0.717) is 16.5 Å². The average Bonchev–Trinajstić information content (AvgIpc) is 3.07. The van der Waals surface area contributed by atoms with Gasteiger partial charge in [0.25, 0.3) is 5.91 Å². The largest absolute Gasteiger partial charge is 0.342 e. The predicted octanol–water partition coefficient (Wildman–Crippen LogP) is 3.65. The zero-order chi connectivity index (χ0) is 21.7. The highest BCUT2D eigenvalue weighted by Gasteiger charge is 2.19. The van der Waals surface area contributed by atoms with Crippen LogP contribution >= 0.6 is 11.8 Å². The molecule has 30 heavy (non-hydrogen) atoms. The van der Waals surface area contributed by atoms with E-state index in [2.05, 4.69) is 20.8 Å². The fraction of sp³-hybridized carbons (Fsp3) is 0.273. The van der Waals surface area contributed by atoms with Crippen LogP contribution in [0.25, 0.3) is 0 Å². The zero-order valence-electron chi connectivity index (χ0n) is 17.5. The highest BCUT2D eigenvalue weighted by Crippen LogP contribution is 2.20. The normalized spacial score (nSPS) is 11.7. The summed E-state index contributed by atoms with van der Waals surface area (Å²) in [4.78, 5) is 24.8. The molecule has 8 heteroatoms. The lowest BCUT2D eigenvalue weighted by Gasteiger charge is -2.14. The summed E-state index contributed by atoms with van der Waals surface area (Å²) in [6, 6.07) is 14.8. The summed E-state index contributed by atoms with van der Waals surface area (Å²) in [5, 5.41) is 14.8. The molecule has 2 amide bonds. The van der Waals surface area contributed by atoms with Crippen molar-refractivity contribution in [3.05, 3.63) is 71.0 Å². The van der Waals surface area contributed by atoms with Crippen molar-refractivity contribution in [2.24, 2.45) is 7.05 Å². The molecule has 0 spiro atoms. The summed E-state index contributed by atoms with van der Waals surface area (Å²) in [7, 11) is 1.83. The van der Waals surface area contributed by atoms with Crippen molar-refractivity contribution >= 4 is 29.3 Å². The van der Waals surface area contributed by atoms with Crippen LogP contribution in [-0.4, -0.2) is 32.3 Å². The molecule has 0 fully saturated rings. The van der Waals surface area contributed by atoms with Gasteiger partial charge in [-0.2, -0.15) is 0 Å². The van der Waals surface area contributed by atoms with Crippen molar-refractivity contribution in [3.8, 4) is 0 Å². The molecule has 0 aliphatic carbocycles. The lowest BCUT2D eigenvalue weighted by molar-refractivity contribution is -0.113. The van der Waals surface area contributed by atoms with Crippen LogP contribution in [0.15, 0.2) is 53.7 Å². The van der Waals surface area contributed by atoms with Crippen molar-refractivity contribution < 1.29 is 9.59 Å². The Hall–Kier alpha value is -3.13. The van der Waals surface area contributed by atoms with Gasteiger partial charge in [0, 0.05) is 18.3 Å². The molecule has 7 nitrogen and oxygen atoms in total. The summed E-state index contributed by atoms with van der Waals surface area (Å²) >= 11 is 1.30. The minimum atomic E-state index is -0.329. The van der Waals surface area contributed by atoms with E-state index in [9.17, 15) is 9.59 Å². The van der Waals surface area contributed by atoms with Crippen molar-refractivity contribution in [2.75, 3.05) is 11.1 Å². The second kappa shape index (κ2) is 9.58. The molecule has 0 radical (unpaired) electrons. The molecular formula is C22H25N5O2S. The number of aromatic nitrogens is 3. The van der Waals surface area contributed by atoms with Gasteiger partial charge in [0.05, 0.1) is 11.8 Å². The number of hydrogen-bond acceptors (Lipinski definition) is 5. The summed E-state index contributed by atoms with van der Waals surface area (Å²) in [6.07, 6.45) is 0. The van der Waals surface area contributed by atoms with Crippen LogP contribution in [-0.2, 0) is 11.8 Å². The van der Waals surface area contributed by atoms with Crippen molar-refractivity contribution in [2.45, 2.75) is 32.0 Å². The Morgan fingerprint density at radius 1 is 1.10 bits per heavy atom. The van der Waals surface area contributed by atoms with Crippen molar-refractivity contribution in [1.82, 2.24) is 20.1 Å². The predicted molar refractivity (Wildman–Crippen MR) is 119 cm³/mol. The number of carbonyl (C=O) groups is 2. The van der Waals surface area contributed by atoms with E-state index in [1.54, 1.807) is 10.6 Å². The highest BCUT2D eigenvalue weighted by molar-refractivity contribution is 7.99. The van der Waals surface area contributed by atoms with Crippen LogP contribution in [0, 0.1) is 13.8 Å². The molecule has 0 aliphatic rings. The third-order valence-electron chi connectivity index (χ3n) is 4.63. The quantitative estimate of drug-likeness (QED) is 0.566. The first-order chi connectivity index (χ1) is 14.3. The zero-order valence-corrected chi connectivity index (χ0v) is 18.3. The Balaban J connectivity index is 1.59. The van der Waals surface area contributed by atoms with Crippen LogP contribution in [0.5, 0.6) is 0 Å². The van der Waals surface area contributed by atoms with Gasteiger partial charge in [-0.05, 0) is 50.1 Å². The molecule has 156 valence electrons. The fourth-order valence-electron chi connectivity index (χ4n) is 3.05. The highest BCUT2D eigenvalue weighted by atomic mass is 32.2. The molecule has 1 atom stereocenters. The Morgan fingerprint density at radius 2 is 1.87 bits per heavy atom. The molecule has 0 saturated carbocycles. The molecule has 2 N–H and O–H groups in total. The van der Waals surface area contributed by atoms with Gasteiger partial charge < -0.3 is 15.2 Å². The lowest BCUT2D eigenvalue weighted by atomic mass is 10.1. The van der Waals surface area contributed by atoms with Crippen molar-refractivity contribution in [1.29, 1.82) is 0 Å². The van der Waals surface area contributed by atoms with Gasteiger partial charge in [0.2, 0.25) is 5.91 Å². The number of anilines is 1. The molecule has 0 bridgehead atoms. The summed E-state index contributed by atoms with van der Waals surface area (Å²) in [5.74, 6) is 0.564. The average molecular weight is 424 g/mol. The monoisotopic (exact) mass is 423 g/mol. The van der Waals surface area contributed by atoms with E-state index in [1.807, 2.05) is 70.3 Å². The molecular weight excluding hydrogens is 398 g/mol. The van der Waals surface area contributed by atoms with Gasteiger partial charge >= 0.3 is 0 Å². The van der Waals surface area contributed by atoms with Crippen molar-refractivity contribution in [3.63, 3.8) is 0 Å². The van der Waals surface area contributed by atoms with E-state index in [4.69, 9.17) is 0 Å². The summed E-state index contributed by atoms with van der Waals surface area (Å²) < 4.78 is 1.80. The number of carbonyl (C=O) groups excluding carboxylic acids is 2. The van der Waals surface area contributed by atoms with Gasteiger partial charge in [-0.3, -0.25) is 9.59 Å². The Kier molecular flexibility index (Phi) is 6.89. The van der Waals surface area contributed by atoms with Crippen LogP contribution in [0.1, 0.15) is 40.3 Å². The molecule has 1 aromatic heterocycles. The molecule has 1 heterocycles. The first-order valence-electron chi connectivity index (χ1n) is 9.60. The van der Waals surface area contributed by atoms with Crippen LogP contribution in [0.2, 0.25) is 0 Å². The van der Waals surface area contributed by atoms with Gasteiger partial charge in [-0.15, -0.1) is 10.2 Å². The molecule has 0 unspecified atom stereocenters.